The highest BCUT2D eigenvalue weighted by atomic mass is 19.1. The quantitative estimate of drug-likeness (QED) is 0.785. The summed E-state index contributed by atoms with van der Waals surface area (Å²) >= 11 is 0. The van der Waals surface area contributed by atoms with Gasteiger partial charge in [-0.2, -0.15) is 0 Å². The van der Waals surface area contributed by atoms with E-state index in [9.17, 15) is 9.18 Å². The van der Waals surface area contributed by atoms with Gasteiger partial charge in [-0.05, 0) is 44.2 Å². The predicted molar refractivity (Wildman–Crippen MR) is 72.3 cm³/mol. The van der Waals surface area contributed by atoms with Crippen molar-refractivity contribution < 1.29 is 13.9 Å². The van der Waals surface area contributed by atoms with E-state index in [1.165, 1.54) is 19.2 Å². The third kappa shape index (κ3) is 2.81. The molecule has 2 rings (SSSR count). The van der Waals surface area contributed by atoms with E-state index in [2.05, 4.69) is 0 Å². The van der Waals surface area contributed by atoms with Gasteiger partial charge < -0.3 is 4.74 Å². The molecular weight excluding hydrogens is 243 g/mol. The zero-order chi connectivity index (χ0) is 14.0. The van der Waals surface area contributed by atoms with Crippen LogP contribution in [0.15, 0.2) is 36.4 Å². The van der Waals surface area contributed by atoms with Crippen molar-refractivity contribution in [3.8, 4) is 5.75 Å². The maximum Gasteiger partial charge on any atom is 0.193 e. The molecule has 0 spiro atoms. The van der Waals surface area contributed by atoms with Crippen molar-refractivity contribution in [2.45, 2.75) is 13.8 Å². The molecule has 0 N–H and O–H groups in total. The molecule has 0 heterocycles. The maximum atomic E-state index is 13.6. The molecule has 0 aliphatic rings. The first-order valence-electron chi connectivity index (χ1n) is 5.98. The van der Waals surface area contributed by atoms with E-state index in [-0.39, 0.29) is 11.5 Å². The Morgan fingerprint density at radius 1 is 1.00 bits per heavy atom. The van der Waals surface area contributed by atoms with E-state index in [1.807, 2.05) is 19.9 Å². The van der Waals surface area contributed by atoms with Gasteiger partial charge in [0, 0.05) is 11.1 Å². The van der Waals surface area contributed by atoms with Crippen molar-refractivity contribution in [2.24, 2.45) is 0 Å². The van der Waals surface area contributed by atoms with Crippen molar-refractivity contribution in [3.63, 3.8) is 0 Å². The van der Waals surface area contributed by atoms with Crippen LogP contribution in [0.1, 0.15) is 27.0 Å². The molecule has 98 valence electrons. The number of benzene rings is 2. The van der Waals surface area contributed by atoms with Crippen LogP contribution in [0.25, 0.3) is 0 Å². The summed E-state index contributed by atoms with van der Waals surface area (Å²) in [5.74, 6) is -0.581. The van der Waals surface area contributed by atoms with Gasteiger partial charge in [-0.1, -0.05) is 17.2 Å². The zero-order valence-electron chi connectivity index (χ0n) is 11.2. The summed E-state index contributed by atoms with van der Waals surface area (Å²) in [6.07, 6.45) is 0. The topological polar surface area (TPSA) is 26.3 Å². The summed E-state index contributed by atoms with van der Waals surface area (Å²) in [7, 11) is 1.39. The van der Waals surface area contributed by atoms with E-state index >= 15 is 0 Å². The highest BCUT2D eigenvalue weighted by Gasteiger charge is 2.12. The number of halogens is 1. The molecule has 0 aromatic heterocycles. The number of ketones is 1. The fraction of sp³-hybridized carbons (Fsp3) is 0.188. The summed E-state index contributed by atoms with van der Waals surface area (Å²) in [5.41, 5.74) is 2.92. The molecule has 2 nitrogen and oxygen atoms in total. The Bertz CT molecular complexity index is 612. The number of ether oxygens (including phenoxy) is 1. The van der Waals surface area contributed by atoms with Crippen LogP contribution in [0.5, 0.6) is 5.75 Å². The van der Waals surface area contributed by atoms with Gasteiger partial charge >= 0.3 is 0 Å². The van der Waals surface area contributed by atoms with Crippen LogP contribution in [0.2, 0.25) is 0 Å². The Kier molecular flexibility index (Phi) is 3.65. The van der Waals surface area contributed by atoms with Gasteiger partial charge in [0.25, 0.3) is 0 Å². The van der Waals surface area contributed by atoms with E-state index < -0.39 is 5.82 Å². The lowest BCUT2D eigenvalue weighted by molar-refractivity contribution is 0.103. The first-order chi connectivity index (χ1) is 9.01. The third-order valence-electron chi connectivity index (χ3n) is 2.90. The molecule has 0 aliphatic carbocycles. The summed E-state index contributed by atoms with van der Waals surface area (Å²) in [6.45, 7) is 3.86. The smallest absolute Gasteiger partial charge is 0.193 e. The first-order valence-corrected chi connectivity index (χ1v) is 5.98. The number of carbonyl (C=O) groups excluding carboxylic acids is 1. The normalized spacial score (nSPS) is 10.3. The van der Waals surface area contributed by atoms with Crippen molar-refractivity contribution in [1.82, 2.24) is 0 Å². The van der Waals surface area contributed by atoms with Crippen LogP contribution in [-0.2, 0) is 0 Å². The number of methoxy groups -OCH3 is 1. The minimum atomic E-state index is -0.530. The number of aryl methyl sites for hydroxylation is 2. The molecule has 0 bridgehead atoms. The van der Waals surface area contributed by atoms with E-state index in [4.69, 9.17) is 4.74 Å². The minimum Gasteiger partial charge on any atom is -0.494 e. The van der Waals surface area contributed by atoms with Crippen LogP contribution >= 0.6 is 0 Å². The van der Waals surface area contributed by atoms with Crippen molar-refractivity contribution in [2.75, 3.05) is 7.11 Å². The lowest BCUT2D eigenvalue weighted by Crippen LogP contribution is -2.03. The Balaban J connectivity index is 2.41. The lowest BCUT2D eigenvalue weighted by Gasteiger charge is -2.06. The van der Waals surface area contributed by atoms with Gasteiger partial charge in [0.05, 0.1) is 7.11 Å². The second kappa shape index (κ2) is 5.22. The Morgan fingerprint density at radius 2 is 1.63 bits per heavy atom. The first kappa shape index (κ1) is 13.3. The molecule has 0 fully saturated rings. The van der Waals surface area contributed by atoms with Crippen LogP contribution < -0.4 is 4.74 Å². The summed E-state index contributed by atoms with van der Waals surface area (Å²) in [4.78, 5) is 12.3. The molecule has 0 unspecified atom stereocenters. The fourth-order valence-corrected chi connectivity index (χ4v) is 2.08. The zero-order valence-corrected chi connectivity index (χ0v) is 11.2. The molecule has 0 atom stereocenters. The number of hydrogen-bond donors (Lipinski definition) is 0. The molecule has 2 aromatic carbocycles. The van der Waals surface area contributed by atoms with Crippen LogP contribution in [0, 0.1) is 19.7 Å². The largest absolute Gasteiger partial charge is 0.494 e. The standard InChI is InChI=1S/C16H15FO2/c1-10-6-11(2)8-13(7-10)16(18)12-4-5-15(19-3)14(17)9-12/h4-9H,1-3H3. The monoisotopic (exact) mass is 258 g/mol. The van der Waals surface area contributed by atoms with Gasteiger partial charge in [-0.3, -0.25) is 4.79 Å². The average molecular weight is 258 g/mol. The van der Waals surface area contributed by atoms with Gasteiger partial charge in [-0.15, -0.1) is 0 Å². The number of rotatable bonds is 3. The second-order valence-corrected chi connectivity index (χ2v) is 4.55. The highest BCUT2D eigenvalue weighted by Crippen LogP contribution is 2.20. The summed E-state index contributed by atoms with van der Waals surface area (Å²) < 4.78 is 18.4. The van der Waals surface area contributed by atoms with Crippen LogP contribution in [0.3, 0.4) is 0 Å². The maximum absolute atomic E-state index is 13.6. The second-order valence-electron chi connectivity index (χ2n) is 4.55. The molecule has 0 saturated carbocycles. The number of hydrogen-bond acceptors (Lipinski definition) is 2. The van der Waals surface area contributed by atoms with Crippen molar-refractivity contribution in [1.29, 1.82) is 0 Å². The molecule has 3 heteroatoms. The Hall–Kier alpha value is -2.16. The number of carbonyl (C=O) groups is 1. The predicted octanol–water partition coefficient (Wildman–Crippen LogP) is 3.68. The van der Waals surface area contributed by atoms with E-state index in [0.717, 1.165) is 11.1 Å². The molecule has 2 aromatic rings. The fourth-order valence-electron chi connectivity index (χ4n) is 2.08. The van der Waals surface area contributed by atoms with Crippen molar-refractivity contribution in [3.05, 3.63) is 64.5 Å². The molecule has 0 radical (unpaired) electrons. The third-order valence-corrected chi connectivity index (χ3v) is 2.90. The molecule has 0 saturated heterocycles. The van der Waals surface area contributed by atoms with Gasteiger partial charge in [-0.25, -0.2) is 4.39 Å². The van der Waals surface area contributed by atoms with Crippen molar-refractivity contribution >= 4 is 5.78 Å². The Labute approximate surface area is 111 Å². The summed E-state index contributed by atoms with van der Waals surface area (Å²) in [5, 5.41) is 0. The van der Waals surface area contributed by atoms with Crippen LogP contribution in [-0.4, -0.2) is 12.9 Å². The van der Waals surface area contributed by atoms with E-state index in [1.54, 1.807) is 18.2 Å². The summed E-state index contributed by atoms with van der Waals surface area (Å²) in [6, 6.07) is 9.84. The molecule has 0 aliphatic heterocycles. The molecule has 0 amide bonds. The van der Waals surface area contributed by atoms with E-state index in [0.29, 0.717) is 11.1 Å². The van der Waals surface area contributed by atoms with Gasteiger partial charge in [0.1, 0.15) is 0 Å². The highest BCUT2D eigenvalue weighted by molar-refractivity contribution is 6.09. The average Bonchev–Trinajstić information content (AvgIpc) is 2.36. The van der Waals surface area contributed by atoms with Gasteiger partial charge in [0.2, 0.25) is 0 Å². The molecular formula is C16H15FO2. The van der Waals surface area contributed by atoms with Crippen LogP contribution in [0.4, 0.5) is 4.39 Å². The minimum absolute atomic E-state index is 0.136. The SMILES string of the molecule is COc1ccc(C(=O)c2cc(C)cc(C)c2)cc1F. The molecule has 19 heavy (non-hydrogen) atoms. The Morgan fingerprint density at radius 3 is 2.16 bits per heavy atom. The lowest BCUT2D eigenvalue weighted by atomic mass is 9.99. The van der Waals surface area contributed by atoms with Gasteiger partial charge in [0.15, 0.2) is 17.3 Å².